The zero-order chi connectivity index (χ0) is 28.6. The molecule has 0 spiro atoms. The highest BCUT2D eigenvalue weighted by Crippen LogP contribution is 2.27. The van der Waals surface area contributed by atoms with E-state index in [1.165, 1.54) is 27.8 Å². The third kappa shape index (κ3) is 6.64. The first-order valence-electron chi connectivity index (χ1n) is 14.5. The molecular weight excluding hydrogens is 510 g/mol. The Bertz CT molecular complexity index is 1610. The Morgan fingerprint density at radius 1 is 0.548 bits per heavy atom. The highest BCUT2D eigenvalue weighted by atomic mass is 16.5. The number of methoxy groups -OCH3 is 1. The van der Waals surface area contributed by atoms with Gasteiger partial charge in [0, 0.05) is 17.7 Å². The van der Waals surface area contributed by atoms with Crippen LogP contribution in [-0.4, -0.2) is 24.1 Å². The van der Waals surface area contributed by atoms with E-state index in [0.717, 1.165) is 36.3 Å². The predicted molar refractivity (Wildman–Crippen MR) is 173 cm³/mol. The summed E-state index contributed by atoms with van der Waals surface area (Å²) in [5.74, 6) is 15.0. The van der Waals surface area contributed by atoms with Crippen LogP contribution in [0.5, 0.6) is 5.75 Å². The number of likely N-dealkylation sites (tertiary alicyclic amines) is 1. The molecule has 0 bridgehead atoms. The average molecular weight is 544 g/mol. The standard InChI is InChI=1S/C40H33NO/c1-42-40-28-18-33(19-29-40)30-41-38(24-16-31-12-20-36(21-13-31)34-8-4-2-5-9-34)26-27-39(41)25-17-32-14-22-37(23-15-32)35-10-6-3-7-11-35/h2-15,18-23,28-29,38-39H,26-27,30H2,1H3/t38-,39-/m0/s1. The molecule has 0 saturated carbocycles. The minimum Gasteiger partial charge on any atom is -0.497 e. The fraction of sp³-hybridized carbons (Fsp3) is 0.150. The maximum Gasteiger partial charge on any atom is 0.118 e. The highest BCUT2D eigenvalue weighted by Gasteiger charge is 2.31. The number of benzene rings is 5. The third-order valence-electron chi connectivity index (χ3n) is 7.79. The molecule has 2 atom stereocenters. The normalized spacial score (nSPS) is 16.1. The van der Waals surface area contributed by atoms with Crippen molar-refractivity contribution in [2.45, 2.75) is 31.5 Å². The van der Waals surface area contributed by atoms with Gasteiger partial charge in [0.25, 0.3) is 0 Å². The van der Waals surface area contributed by atoms with E-state index in [9.17, 15) is 0 Å². The second-order valence-electron chi connectivity index (χ2n) is 10.6. The third-order valence-corrected chi connectivity index (χ3v) is 7.79. The molecule has 0 unspecified atom stereocenters. The summed E-state index contributed by atoms with van der Waals surface area (Å²) in [6, 6.07) is 46.6. The maximum atomic E-state index is 5.37. The van der Waals surface area contributed by atoms with E-state index in [4.69, 9.17) is 4.74 Å². The first kappa shape index (κ1) is 27.2. The summed E-state index contributed by atoms with van der Waals surface area (Å²) in [5, 5.41) is 0. The lowest BCUT2D eigenvalue weighted by Gasteiger charge is -2.24. The van der Waals surface area contributed by atoms with E-state index in [1.54, 1.807) is 7.11 Å². The topological polar surface area (TPSA) is 12.5 Å². The van der Waals surface area contributed by atoms with Crippen LogP contribution in [0.15, 0.2) is 133 Å². The van der Waals surface area contributed by atoms with Gasteiger partial charge in [-0.15, -0.1) is 0 Å². The molecule has 1 heterocycles. The zero-order valence-electron chi connectivity index (χ0n) is 23.8. The van der Waals surface area contributed by atoms with E-state index in [1.807, 2.05) is 24.3 Å². The van der Waals surface area contributed by atoms with Crippen LogP contribution in [0.25, 0.3) is 22.3 Å². The summed E-state index contributed by atoms with van der Waals surface area (Å²) >= 11 is 0. The lowest BCUT2D eigenvalue weighted by molar-refractivity contribution is 0.251. The zero-order valence-corrected chi connectivity index (χ0v) is 23.8. The minimum atomic E-state index is 0.139. The first-order chi connectivity index (χ1) is 20.7. The average Bonchev–Trinajstić information content (AvgIpc) is 3.45. The van der Waals surface area contributed by atoms with Crippen molar-refractivity contribution in [2.75, 3.05) is 7.11 Å². The molecule has 1 fully saturated rings. The Morgan fingerprint density at radius 3 is 1.40 bits per heavy atom. The lowest BCUT2D eigenvalue weighted by atomic mass is 10.0. The summed E-state index contributed by atoms with van der Waals surface area (Å²) in [4.78, 5) is 2.46. The molecule has 0 aromatic heterocycles. The van der Waals surface area contributed by atoms with Gasteiger partial charge in [0.05, 0.1) is 19.2 Å². The van der Waals surface area contributed by atoms with Gasteiger partial charge in [0.15, 0.2) is 0 Å². The quantitative estimate of drug-likeness (QED) is 0.206. The summed E-state index contributed by atoms with van der Waals surface area (Å²) < 4.78 is 5.37. The molecule has 5 aromatic carbocycles. The van der Waals surface area contributed by atoms with Crippen LogP contribution in [0.2, 0.25) is 0 Å². The van der Waals surface area contributed by atoms with E-state index in [0.29, 0.717) is 0 Å². The number of ether oxygens (including phenoxy) is 1. The molecule has 0 aliphatic carbocycles. The van der Waals surface area contributed by atoms with Gasteiger partial charge in [0.1, 0.15) is 5.75 Å². The van der Waals surface area contributed by atoms with Gasteiger partial charge < -0.3 is 4.74 Å². The number of hydrogen-bond donors (Lipinski definition) is 0. The minimum absolute atomic E-state index is 0.139. The summed E-state index contributed by atoms with van der Waals surface area (Å²) in [7, 11) is 1.70. The van der Waals surface area contributed by atoms with Crippen molar-refractivity contribution in [1.82, 2.24) is 4.90 Å². The molecule has 1 aliphatic heterocycles. The summed E-state index contributed by atoms with van der Waals surface area (Å²) in [6.45, 7) is 0.794. The van der Waals surface area contributed by atoms with Gasteiger partial charge in [-0.1, -0.05) is 121 Å². The molecule has 5 aromatic rings. The van der Waals surface area contributed by atoms with E-state index >= 15 is 0 Å². The maximum absolute atomic E-state index is 5.37. The lowest BCUT2D eigenvalue weighted by Crippen LogP contribution is -2.34. The molecule has 2 nitrogen and oxygen atoms in total. The molecule has 204 valence electrons. The van der Waals surface area contributed by atoms with E-state index in [-0.39, 0.29) is 12.1 Å². The van der Waals surface area contributed by atoms with Crippen molar-refractivity contribution in [1.29, 1.82) is 0 Å². The highest BCUT2D eigenvalue weighted by molar-refractivity contribution is 5.65. The Morgan fingerprint density at radius 2 is 0.976 bits per heavy atom. The fourth-order valence-electron chi connectivity index (χ4n) is 5.42. The Hall–Kier alpha value is -5.02. The molecule has 2 heteroatoms. The second-order valence-corrected chi connectivity index (χ2v) is 10.6. The van der Waals surface area contributed by atoms with Crippen LogP contribution in [0, 0.1) is 23.7 Å². The van der Waals surface area contributed by atoms with Crippen molar-refractivity contribution in [3.8, 4) is 51.7 Å². The molecule has 0 N–H and O–H groups in total. The van der Waals surface area contributed by atoms with Crippen molar-refractivity contribution in [2.24, 2.45) is 0 Å². The van der Waals surface area contributed by atoms with Crippen LogP contribution < -0.4 is 4.74 Å². The fourth-order valence-corrected chi connectivity index (χ4v) is 5.42. The Balaban J connectivity index is 1.21. The largest absolute Gasteiger partial charge is 0.497 e. The molecule has 0 radical (unpaired) electrons. The molecule has 1 saturated heterocycles. The van der Waals surface area contributed by atoms with Gasteiger partial charge in [-0.3, -0.25) is 4.90 Å². The molecule has 0 amide bonds. The van der Waals surface area contributed by atoms with Crippen LogP contribution in [0.4, 0.5) is 0 Å². The Labute approximate surface area is 249 Å². The number of nitrogens with zero attached hydrogens (tertiary/aromatic N) is 1. The molecule has 42 heavy (non-hydrogen) atoms. The van der Waals surface area contributed by atoms with Crippen LogP contribution in [-0.2, 0) is 6.54 Å². The van der Waals surface area contributed by atoms with Crippen molar-refractivity contribution < 1.29 is 4.74 Å². The second kappa shape index (κ2) is 13.1. The van der Waals surface area contributed by atoms with Crippen molar-refractivity contribution >= 4 is 0 Å². The van der Waals surface area contributed by atoms with Crippen molar-refractivity contribution in [3.05, 3.63) is 150 Å². The van der Waals surface area contributed by atoms with Gasteiger partial charge >= 0.3 is 0 Å². The van der Waals surface area contributed by atoms with E-state index < -0.39 is 0 Å². The summed E-state index contributed by atoms with van der Waals surface area (Å²) in [5.41, 5.74) is 8.14. The van der Waals surface area contributed by atoms with Gasteiger partial charge in [-0.2, -0.15) is 0 Å². The predicted octanol–water partition coefficient (Wildman–Crippen LogP) is 8.47. The Kier molecular flexibility index (Phi) is 8.47. The molecule has 1 aliphatic rings. The van der Waals surface area contributed by atoms with Crippen molar-refractivity contribution in [3.63, 3.8) is 0 Å². The monoisotopic (exact) mass is 543 g/mol. The molecular formula is C40H33NO. The van der Waals surface area contributed by atoms with E-state index in [2.05, 4.69) is 138 Å². The van der Waals surface area contributed by atoms with Gasteiger partial charge in [-0.05, 0) is 77.1 Å². The number of rotatable bonds is 5. The number of hydrogen-bond acceptors (Lipinski definition) is 2. The van der Waals surface area contributed by atoms with Crippen LogP contribution >= 0.6 is 0 Å². The first-order valence-corrected chi connectivity index (χ1v) is 14.5. The van der Waals surface area contributed by atoms with Gasteiger partial charge in [-0.25, -0.2) is 0 Å². The van der Waals surface area contributed by atoms with Crippen LogP contribution in [0.1, 0.15) is 29.5 Å². The summed E-state index contributed by atoms with van der Waals surface area (Å²) in [6.07, 6.45) is 2.00. The SMILES string of the molecule is COc1ccc(CN2[C@@H](C#Cc3ccc(-c4ccccc4)cc3)CC[C@@H]2C#Cc2ccc(-c3ccccc3)cc2)cc1. The molecule has 6 rings (SSSR count). The van der Waals surface area contributed by atoms with Crippen LogP contribution in [0.3, 0.4) is 0 Å². The smallest absolute Gasteiger partial charge is 0.118 e. The van der Waals surface area contributed by atoms with Gasteiger partial charge in [0.2, 0.25) is 0 Å².